The zero-order valence-corrected chi connectivity index (χ0v) is 11.8. The Hall–Kier alpha value is -2.33. The van der Waals surface area contributed by atoms with Gasteiger partial charge in [0.25, 0.3) is 5.91 Å². The Labute approximate surface area is 123 Å². The maximum absolute atomic E-state index is 11.4. The maximum Gasteiger partial charge on any atom is 0.262 e. The predicted octanol–water partition coefficient (Wildman–Crippen LogP) is 2.66. The number of hydrogen-bond donors (Lipinski definition) is 2. The molecule has 21 heavy (non-hydrogen) atoms. The summed E-state index contributed by atoms with van der Waals surface area (Å²) in [5, 5.41) is 13.4. The lowest BCUT2D eigenvalue weighted by atomic mass is 9.95. The molecule has 4 heteroatoms. The first-order valence-corrected chi connectivity index (χ1v) is 7.01. The average Bonchev–Trinajstić information content (AvgIpc) is 2.53. The van der Waals surface area contributed by atoms with E-state index in [0.29, 0.717) is 11.4 Å². The van der Waals surface area contributed by atoms with Crippen LogP contribution in [0.3, 0.4) is 0 Å². The number of benzene rings is 2. The first kappa shape index (κ1) is 13.6. The van der Waals surface area contributed by atoms with Crippen LogP contribution in [0.5, 0.6) is 5.75 Å². The summed E-state index contributed by atoms with van der Waals surface area (Å²) in [5.41, 5.74) is 3.35. The number of nitrogens with one attached hydrogen (secondary N) is 1. The second-order valence-corrected chi connectivity index (χ2v) is 5.05. The molecule has 0 bridgehead atoms. The van der Waals surface area contributed by atoms with Crippen molar-refractivity contribution in [3.63, 3.8) is 0 Å². The van der Waals surface area contributed by atoms with Crippen LogP contribution in [0.25, 0.3) is 0 Å². The van der Waals surface area contributed by atoms with Crippen LogP contribution in [-0.4, -0.2) is 17.6 Å². The third kappa shape index (κ3) is 2.62. The highest BCUT2D eigenvalue weighted by molar-refractivity contribution is 5.95. The monoisotopic (exact) mass is 283 g/mol. The highest BCUT2D eigenvalue weighted by atomic mass is 16.5. The summed E-state index contributed by atoms with van der Waals surface area (Å²) in [4.78, 5) is 11.4. The Bertz CT molecular complexity index is 681. The number of amides is 1. The largest absolute Gasteiger partial charge is 0.482 e. The van der Waals surface area contributed by atoms with E-state index in [-0.39, 0.29) is 12.5 Å². The fourth-order valence-electron chi connectivity index (χ4n) is 2.57. The molecule has 0 radical (unpaired) electrons. The fourth-order valence-corrected chi connectivity index (χ4v) is 2.57. The highest BCUT2D eigenvalue weighted by Gasteiger charge is 2.19. The van der Waals surface area contributed by atoms with Crippen LogP contribution in [0.2, 0.25) is 0 Å². The van der Waals surface area contributed by atoms with Gasteiger partial charge in [-0.15, -0.1) is 0 Å². The van der Waals surface area contributed by atoms with Gasteiger partial charge in [-0.05, 0) is 35.2 Å². The van der Waals surface area contributed by atoms with E-state index in [1.807, 2.05) is 30.3 Å². The number of anilines is 1. The number of aliphatic hydroxyl groups excluding tert-OH is 1. The van der Waals surface area contributed by atoms with Crippen LogP contribution in [0.4, 0.5) is 5.69 Å². The molecule has 2 aromatic carbocycles. The molecule has 0 saturated heterocycles. The van der Waals surface area contributed by atoms with Gasteiger partial charge in [-0.1, -0.05) is 37.3 Å². The lowest BCUT2D eigenvalue weighted by molar-refractivity contribution is -0.118. The highest BCUT2D eigenvalue weighted by Crippen LogP contribution is 2.33. The van der Waals surface area contributed by atoms with Crippen molar-refractivity contribution in [2.24, 2.45) is 0 Å². The van der Waals surface area contributed by atoms with E-state index in [1.165, 1.54) is 0 Å². The van der Waals surface area contributed by atoms with Crippen LogP contribution in [0.1, 0.15) is 29.7 Å². The molecule has 1 heterocycles. The van der Waals surface area contributed by atoms with Crippen LogP contribution in [0, 0.1) is 0 Å². The maximum atomic E-state index is 11.4. The predicted molar refractivity (Wildman–Crippen MR) is 80.4 cm³/mol. The quantitative estimate of drug-likeness (QED) is 0.910. The van der Waals surface area contributed by atoms with Crippen molar-refractivity contribution in [2.75, 3.05) is 11.9 Å². The molecule has 0 saturated carbocycles. The van der Waals surface area contributed by atoms with Crippen molar-refractivity contribution in [3.8, 4) is 5.75 Å². The van der Waals surface area contributed by atoms with E-state index in [9.17, 15) is 9.90 Å². The Morgan fingerprint density at radius 1 is 1.29 bits per heavy atom. The van der Waals surface area contributed by atoms with Gasteiger partial charge < -0.3 is 15.2 Å². The second-order valence-electron chi connectivity index (χ2n) is 5.05. The summed E-state index contributed by atoms with van der Waals surface area (Å²) in [6.07, 6.45) is 0.142. The van der Waals surface area contributed by atoms with Crippen molar-refractivity contribution >= 4 is 11.6 Å². The molecule has 1 amide bonds. The van der Waals surface area contributed by atoms with E-state index in [0.717, 1.165) is 23.1 Å². The van der Waals surface area contributed by atoms with Crippen molar-refractivity contribution in [1.29, 1.82) is 0 Å². The molecule has 0 fully saturated rings. The molecule has 1 aliphatic heterocycles. The standard InChI is InChI=1S/C17H17NO3/c1-2-11-5-3-4-6-13(11)17(20)12-7-8-15-14(9-12)18-16(19)10-21-15/h3-9,17,20H,2,10H2,1H3,(H,18,19). The van der Waals surface area contributed by atoms with Crippen molar-refractivity contribution in [3.05, 3.63) is 59.2 Å². The average molecular weight is 283 g/mol. The summed E-state index contributed by atoms with van der Waals surface area (Å²) < 4.78 is 5.33. The Balaban J connectivity index is 1.96. The first-order chi connectivity index (χ1) is 10.2. The Morgan fingerprint density at radius 2 is 2.10 bits per heavy atom. The molecule has 2 aromatic rings. The van der Waals surface area contributed by atoms with Gasteiger partial charge in [0.05, 0.1) is 5.69 Å². The van der Waals surface area contributed by atoms with Gasteiger partial charge >= 0.3 is 0 Å². The summed E-state index contributed by atoms with van der Waals surface area (Å²) in [5.74, 6) is 0.456. The first-order valence-electron chi connectivity index (χ1n) is 7.01. The van der Waals surface area contributed by atoms with Gasteiger partial charge in [-0.25, -0.2) is 0 Å². The lowest BCUT2D eigenvalue weighted by Crippen LogP contribution is -2.25. The topological polar surface area (TPSA) is 58.6 Å². The summed E-state index contributed by atoms with van der Waals surface area (Å²) in [6.45, 7) is 2.10. The third-order valence-electron chi connectivity index (χ3n) is 3.68. The molecular weight excluding hydrogens is 266 g/mol. The second kappa shape index (κ2) is 5.58. The van der Waals surface area contributed by atoms with E-state index >= 15 is 0 Å². The van der Waals surface area contributed by atoms with Gasteiger partial charge in [0.1, 0.15) is 11.9 Å². The van der Waals surface area contributed by atoms with Crippen LogP contribution in [0.15, 0.2) is 42.5 Å². The van der Waals surface area contributed by atoms with E-state index < -0.39 is 6.10 Å². The number of carbonyl (C=O) groups excluding carboxylic acids is 1. The number of hydrogen-bond acceptors (Lipinski definition) is 3. The fraction of sp³-hybridized carbons (Fsp3) is 0.235. The van der Waals surface area contributed by atoms with Gasteiger partial charge in [-0.2, -0.15) is 0 Å². The third-order valence-corrected chi connectivity index (χ3v) is 3.68. The normalized spacial score (nSPS) is 14.9. The number of fused-ring (bicyclic) bond motifs is 1. The lowest BCUT2D eigenvalue weighted by Gasteiger charge is -2.21. The van der Waals surface area contributed by atoms with Gasteiger partial charge in [0.2, 0.25) is 0 Å². The summed E-state index contributed by atoms with van der Waals surface area (Å²) in [6, 6.07) is 13.2. The molecular formula is C17H17NO3. The van der Waals surface area contributed by atoms with E-state index in [2.05, 4.69) is 12.2 Å². The van der Waals surface area contributed by atoms with Crippen molar-refractivity contribution in [2.45, 2.75) is 19.4 Å². The van der Waals surface area contributed by atoms with E-state index in [1.54, 1.807) is 12.1 Å². The minimum atomic E-state index is -0.717. The summed E-state index contributed by atoms with van der Waals surface area (Å²) >= 11 is 0. The van der Waals surface area contributed by atoms with E-state index in [4.69, 9.17) is 4.74 Å². The minimum Gasteiger partial charge on any atom is -0.482 e. The number of aryl methyl sites for hydroxylation is 1. The molecule has 2 N–H and O–H groups in total. The number of aliphatic hydroxyl groups is 1. The van der Waals surface area contributed by atoms with Gasteiger partial charge in [0.15, 0.2) is 6.61 Å². The molecule has 3 rings (SSSR count). The number of carbonyl (C=O) groups is 1. The van der Waals surface area contributed by atoms with Crippen LogP contribution in [-0.2, 0) is 11.2 Å². The van der Waals surface area contributed by atoms with Crippen LogP contribution >= 0.6 is 0 Å². The van der Waals surface area contributed by atoms with Crippen molar-refractivity contribution in [1.82, 2.24) is 0 Å². The molecule has 4 nitrogen and oxygen atoms in total. The molecule has 0 spiro atoms. The zero-order chi connectivity index (χ0) is 14.8. The molecule has 108 valence electrons. The van der Waals surface area contributed by atoms with Crippen LogP contribution < -0.4 is 10.1 Å². The van der Waals surface area contributed by atoms with Gasteiger partial charge in [0, 0.05) is 0 Å². The molecule has 1 unspecified atom stereocenters. The minimum absolute atomic E-state index is 0.0353. The number of rotatable bonds is 3. The molecule has 1 atom stereocenters. The Kier molecular flexibility index (Phi) is 3.62. The zero-order valence-electron chi connectivity index (χ0n) is 11.8. The summed E-state index contributed by atoms with van der Waals surface area (Å²) in [7, 11) is 0. The van der Waals surface area contributed by atoms with Crippen molar-refractivity contribution < 1.29 is 14.6 Å². The van der Waals surface area contributed by atoms with Gasteiger partial charge in [-0.3, -0.25) is 4.79 Å². The molecule has 0 aromatic heterocycles. The SMILES string of the molecule is CCc1ccccc1C(O)c1ccc2c(c1)NC(=O)CO2. The molecule has 0 aliphatic carbocycles. The number of ether oxygens (including phenoxy) is 1. The smallest absolute Gasteiger partial charge is 0.262 e. The Morgan fingerprint density at radius 3 is 2.90 bits per heavy atom. The molecule has 1 aliphatic rings.